The average molecular weight is 635 g/mol. The van der Waals surface area contributed by atoms with Gasteiger partial charge in [-0.15, -0.1) is 0 Å². The summed E-state index contributed by atoms with van der Waals surface area (Å²) in [5.41, 5.74) is -0.802. The maximum absolute atomic E-state index is 14.0. The fourth-order valence-corrected chi connectivity index (χ4v) is 6.65. The molecule has 1 heterocycles. The van der Waals surface area contributed by atoms with E-state index in [-0.39, 0.29) is 11.9 Å². The predicted molar refractivity (Wildman–Crippen MR) is 195 cm³/mol. The van der Waals surface area contributed by atoms with E-state index in [9.17, 15) is 9.59 Å². The van der Waals surface area contributed by atoms with Crippen LogP contribution >= 0.6 is 0 Å². The summed E-state index contributed by atoms with van der Waals surface area (Å²) in [6.45, 7) is 18.0. The molecule has 0 atom stereocenters. The maximum Gasteiger partial charge on any atom is 0.329 e. The van der Waals surface area contributed by atoms with Crippen molar-refractivity contribution >= 4 is 11.9 Å². The van der Waals surface area contributed by atoms with Gasteiger partial charge < -0.3 is 0 Å². The minimum absolute atomic E-state index is 0.0255. The topological polar surface area (TPSA) is 47.1 Å². The number of unbranched alkanes of at least 4 members (excludes halogenated alkanes) is 20. The van der Waals surface area contributed by atoms with Crippen LogP contribution in [0.1, 0.15) is 196 Å². The van der Waals surface area contributed by atoms with Gasteiger partial charge in [-0.1, -0.05) is 156 Å². The average Bonchev–Trinajstić information content (AvgIpc) is 3.18. The lowest BCUT2D eigenvalue weighted by Gasteiger charge is -2.34. The molecule has 1 aliphatic heterocycles. The lowest BCUT2D eigenvalue weighted by molar-refractivity contribution is -0.133. The SMILES string of the molecule is CCCCCCCCN(CCCCCCCC)CN1C(=O)N(CN(CCCCCCCC)CCCCCCCC)C(C)(C)C1=O. The van der Waals surface area contributed by atoms with Crippen LogP contribution in [0.2, 0.25) is 0 Å². The van der Waals surface area contributed by atoms with Gasteiger partial charge >= 0.3 is 6.03 Å². The highest BCUT2D eigenvalue weighted by Gasteiger charge is 2.51. The fraction of sp³-hybridized carbons (Fsp3) is 0.949. The van der Waals surface area contributed by atoms with Gasteiger partial charge in [0, 0.05) is 0 Å². The second-order valence-electron chi connectivity index (χ2n) is 14.6. The predicted octanol–water partition coefficient (Wildman–Crippen LogP) is 11.0. The van der Waals surface area contributed by atoms with E-state index >= 15 is 0 Å². The van der Waals surface area contributed by atoms with Crippen molar-refractivity contribution in [1.82, 2.24) is 19.6 Å². The molecule has 0 spiro atoms. The van der Waals surface area contributed by atoms with Gasteiger partial charge in [-0.05, 0) is 65.7 Å². The number of rotatable bonds is 32. The highest BCUT2D eigenvalue weighted by atomic mass is 16.2. The summed E-state index contributed by atoms with van der Waals surface area (Å²) >= 11 is 0. The first kappa shape index (κ1) is 41.9. The third-order valence-electron chi connectivity index (χ3n) is 9.90. The molecule has 3 amide bonds. The third-order valence-corrected chi connectivity index (χ3v) is 9.90. The molecule has 1 saturated heterocycles. The maximum atomic E-state index is 14.0. The lowest BCUT2D eigenvalue weighted by atomic mass is 10.0. The summed E-state index contributed by atoms with van der Waals surface area (Å²) < 4.78 is 0. The van der Waals surface area contributed by atoms with Gasteiger partial charge in [-0.2, -0.15) is 0 Å². The van der Waals surface area contributed by atoms with Crippen molar-refractivity contribution in [3.63, 3.8) is 0 Å². The van der Waals surface area contributed by atoms with Gasteiger partial charge in [-0.25, -0.2) is 9.69 Å². The standard InChI is InChI=1S/C39H78N4O2/c1-7-11-15-19-23-27-31-40(32-28-24-20-16-12-8-2)35-42-37(44)39(5,6)43(38(42)45)36-41(33-29-25-21-17-13-9-3)34-30-26-22-18-14-10-4/h7-36H2,1-6H3. The van der Waals surface area contributed by atoms with Crippen LogP contribution in [-0.2, 0) is 4.79 Å². The Morgan fingerprint density at radius 3 is 1.07 bits per heavy atom. The first-order valence-electron chi connectivity index (χ1n) is 19.9. The molecule has 0 aromatic rings. The first-order valence-corrected chi connectivity index (χ1v) is 19.9. The molecule has 1 rings (SSSR count). The molecular formula is C39H78N4O2. The zero-order valence-electron chi connectivity index (χ0n) is 31.3. The Labute approximate surface area is 281 Å². The van der Waals surface area contributed by atoms with Gasteiger partial charge in [0.15, 0.2) is 0 Å². The molecule has 0 saturated carbocycles. The van der Waals surface area contributed by atoms with Crippen molar-refractivity contribution in [3.8, 4) is 0 Å². The van der Waals surface area contributed by atoms with Crippen molar-refractivity contribution in [2.24, 2.45) is 0 Å². The first-order chi connectivity index (χ1) is 21.8. The Bertz CT molecular complexity index is 696. The number of carbonyl (C=O) groups is 2. The molecule has 0 bridgehead atoms. The number of amides is 3. The smallest absolute Gasteiger partial charge is 0.297 e. The van der Waals surface area contributed by atoms with Crippen molar-refractivity contribution < 1.29 is 9.59 Å². The summed E-state index contributed by atoms with van der Waals surface area (Å²) in [5, 5.41) is 0. The number of hydrogen-bond acceptors (Lipinski definition) is 4. The summed E-state index contributed by atoms with van der Waals surface area (Å²) in [6.07, 6.45) is 30.4. The van der Waals surface area contributed by atoms with Gasteiger partial charge in [0.25, 0.3) is 5.91 Å². The van der Waals surface area contributed by atoms with Crippen LogP contribution in [0.15, 0.2) is 0 Å². The molecule has 45 heavy (non-hydrogen) atoms. The molecule has 266 valence electrons. The molecule has 0 N–H and O–H groups in total. The van der Waals surface area contributed by atoms with Crippen LogP contribution in [0.4, 0.5) is 4.79 Å². The van der Waals surface area contributed by atoms with E-state index in [1.807, 2.05) is 18.7 Å². The molecule has 0 radical (unpaired) electrons. The number of imide groups is 1. The quantitative estimate of drug-likeness (QED) is 0.0545. The number of hydrogen-bond donors (Lipinski definition) is 0. The Hall–Kier alpha value is -1.14. The van der Waals surface area contributed by atoms with Crippen molar-refractivity contribution in [2.75, 3.05) is 39.5 Å². The van der Waals surface area contributed by atoms with Crippen molar-refractivity contribution in [2.45, 2.75) is 201 Å². The normalized spacial score (nSPS) is 15.0. The lowest BCUT2D eigenvalue weighted by Crippen LogP contribution is -2.50. The molecule has 0 aromatic heterocycles. The van der Waals surface area contributed by atoms with Crippen LogP contribution in [-0.4, -0.2) is 76.6 Å². The Kier molecular flexibility index (Phi) is 25.0. The van der Waals surface area contributed by atoms with Crippen LogP contribution in [0, 0.1) is 0 Å². The number of urea groups is 1. The third kappa shape index (κ3) is 18.1. The minimum Gasteiger partial charge on any atom is -0.297 e. The summed E-state index contributed by atoms with van der Waals surface area (Å²) in [4.78, 5) is 36.1. The molecule has 6 nitrogen and oxygen atoms in total. The van der Waals surface area contributed by atoms with Crippen LogP contribution in [0.5, 0.6) is 0 Å². The second kappa shape index (κ2) is 26.9. The van der Waals surface area contributed by atoms with E-state index in [2.05, 4.69) is 37.5 Å². The monoisotopic (exact) mass is 635 g/mol. The van der Waals surface area contributed by atoms with E-state index in [4.69, 9.17) is 0 Å². The van der Waals surface area contributed by atoms with E-state index < -0.39 is 5.54 Å². The van der Waals surface area contributed by atoms with Gasteiger partial charge in [0.05, 0.1) is 13.3 Å². The highest BCUT2D eigenvalue weighted by Crippen LogP contribution is 2.29. The molecule has 0 unspecified atom stereocenters. The zero-order valence-corrected chi connectivity index (χ0v) is 31.3. The van der Waals surface area contributed by atoms with Crippen molar-refractivity contribution in [1.29, 1.82) is 0 Å². The van der Waals surface area contributed by atoms with Gasteiger partial charge in [-0.3, -0.25) is 19.5 Å². The van der Waals surface area contributed by atoms with Crippen molar-refractivity contribution in [3.05, 3.63) is 0 Å². The van der Waals surface area contributed by atoms with E-state index in [0.29, 0.717) is 13.3 Å². The van der Waals surface area contributed by atoms with Crippen LogP contribution in [0.3, 0.4) is 0 Å². The highest BCUT2D eigenvalue weighted by molar-refractivity contribution is 6.06. The minimum atomic E-state index is -0.802. The second-order valence-corrected chi connectivity index (χ2v) is 14.6. The Balaban J connectivity index is 2.85. The largest absolute Gasteiger partial charge is 0.329 e. The number of carbonyl (C=O) groups excluding carboxylic acids is 2. The summed E-state index contributed by atoms with van der Waals surface area (Å²) in [7, 11) is 0. The van der Waals surface area contributed by atoms with Crippen LogP contribution in [0.25, 0.3) is 0 Å². The molecule has 0 aromatic carbocycles. The molecule has 0 aliphatic carbocycles. The van der Waals surface area contributed by atoms with E-state index in [1.54, 1.807) is 4.90 Å². The molecule has 1 fully saturated rings. The van der Waals surface area contributed by atoms with E-state index in [1.165, 1.54) is 141 Å². The summed E-state index contributed by atoms with van der Waals surface area (Å²) in [5.74, 6) is -0.0255. The molecular weight excluding hydrogens is 556 g/mol. The van der Waals surface area contributed by atoms with Gasteiger partial charge in [0.1, 0.15) is 5.54 Å². The molecule has 6 heteroatoms. The molecule has 1 aliphatic rings. The van der Waals surface area contributed by atoms with Gasteiger partial charge in [0.2, 0.25) is 0 Å². The number of nitrogens with zero attached hydrogens (tertiary/aromatic N) is 4. The Morgan fingerprint density at radius 2 is 0.733 bits per heavy atom. The zero-order chi connectivity index (χ0) is 33.2. The summed E-state index contributed by atoms with van der Waals surface area (Å²) in [6, 6.07) is -0.0863. The van der Waals surface area contributed by atoms with Crippen LogP contribution < -0.4 is 0 Å². The van der Waals surface area contributed by atoms with E-state index in [0.717, 1.165) is 39.0 Å². The fourth-order valence-electron chi connectivity index (χ4n) is 6.65. The Morgan fingerprint density at radius 1 is 0.444 bits per heavy atom.